The first kappa shape index (κ1) is 15.2. The minimum Gasteiger partial charge on any atom is -0.466 e. The summed E-state index contributed by atoms with van der Waals surface area (Å²) in [6.45, 7) is 8.36. The van der Waals surface area contributed by atoms with Gasteiger partial charge in [-0.2, -0.15) is 0 Å². The number of carbonyl (C=O) groups excluding carboxylic acids is 1. The monoisotopic (exact) mass is 254 g/mol. The summed E-state index contributed by atoms with van der Waals surface area (Å²) in [5.74, 6) is 0.0258. The molecule has 3 heteroatoms. The van der Waals surface area contributed by atoms with Crippen LogP contribution in [0.15, 0.2) is 11.6 Å². The lowest BCUT2D eigenvalue weighted by Gasteiger charge is -2.32. The van der Waals surface area contributed by atoms with Crippen molar-refractivity contribution in [3.63, 3.8) is 0 Å². The molecule has 0 radical (unpaired) electrons. The number of carbonyl (C=O) groups is 1. The molecule has 4 atom stereocenters. The third-order valence-corrected chi connectivity index (χ3v) is 3.75. The van der Waals surface area contributed by atoms with Gasteiger partial charge in [-0.05, 0) is 44.9 Å². The number of aliphatic hydroxyl groups is 1. The van der Waals surface area contributed by atoms with E-state index in [1.54, 1.807) is 6.92 Å². The van der Waals surface area contributed by atoms with Gasteiger partial charge in [0.2, 0.25) is 0 Å². The fourth-order valence-corrected chi connectivity index (χ4v) is 2.98. The average molecular weight is 254 g/mol. The van der Waals surface area contributed by atoms with Gasteiger partial charge in [-0.3, -0.25) is 4.79 Å². The van der Waals surface area contributed by atoms with Crippen LogP contribution in [0, 0.1) is 17.8 Å². The van der Waals surface area contributed by atoms with Crippen molar-refractivity contribution in [3.05, 3.63) is 11.6 Å². The van der Waals surface area contributed by atoms with E-state index in [1.807, 2.05) is 6.92 Å². The molecule has 0 aliphatic heterocycles. The van der Waals surface area contributed by atoms with Crippen LogP contribution in [0.25, 0.3) is 0 Å². The number of aliphatic hydroxyl groups excluding tert-OH is 1. The van der Waals surface area contributed by atoms with E-state index < -0.39 is 6.10 Å². The molecule has 0 saturated carbocycles. The van der Waals surface area contributed by atoms with Crippen molar-refractivity contribution in [2.24, 2.45) is 17.8 Å². The maximum Gasteiger partial charge on any atom is 0.311 e. The van der Waals surface area contributed by atoms with Gasteiger partial charge < -0.3 is 9.84 Å². The van der Waals surface area contributed by atoms with Crippen molar-refractivity contribution in [2.75, 3.05) is 6.61 Å². The van der Waals surface area contributed by atoms with Gasteiger partial charge in [0.05, 0.1) is 18.6 Å². The van der Waals surface area contributed by atoms with Crippen molar-refractivity contribution in [1.82, 2.24) is 0 Å². The number of allylic oxidation sites excluding steroid dienone is 2. The number of hydrogen-bond donors (Lipinski definition) is 1. The highest BCUT2D eigenvalue weighted by Crippen LogP contribution is 2.33. The highest BCUT2D eigenvalue weighted by Gasteiger charge is 2.34. The smallest absolute Gasteiger partial charge is 0.311 e. The quantitative estimate of drug-likeness (QED) is 0.606. The van der Waals surface area contributed by atoms with Crippen LogP contribution >= 0.6 is 0 Å². The third kappa shape index (κ3) is 3.84. The zero-order chi connectivity index (χ0) is 13.7. The molecule has 18 heavy (non-hydrogen) atoms. The summed E-state index contributed by atoms with van der Waals surface area (Å²) in [6, 6.07) is 0. The molecule has 0 heterocycles. The minimum atomic E-state index is -0.583. The van der Waals surface area contributed by atoms with Gasteiger partial charge in [-0.25, -0.2) is 0 Å². The molecule has 3 nitrogen and oxygen atoms in total. The van der Waals surface area contributed by atoms with E-state index >= 15 is 0 Å². The molecule has 0 saturated heterocycles. The van der Waals surface area contributed by atoms with Crippen LogP contribution < -0.4 is 0 Å². The molecule has 0 bridgehead atoms. The van der Waals surface area contributed by atoms with Gasteiger partial charge in [-0.1, -0.05) is 25.5 Å². The van der Waals surface area contributed by atoms with Crippen LogP contribution in [0.1, 0.15) is 47.0 Å². The van der Waals surface area contributed by atoms with E-state index in [4.69, 9.17) is 4.74 Å². The second kappa shape index (κ2) is 6.93. The molecule has 0 aromatic carbocycles. The summed E-state index contributed by atoms with van der Waals surface area (Å²) in [5, 5.41) is 10.4. The van der Waals surface area contributed by atoms with Crippen molar-refractivity contribution < 1.29 is 14.6 Å². The second-order valence-electron chi connectivity index (χ2n) is 5.45. The lowest BCUT2D eigenvalue weighted by molar-refractivity contribution is -0.154. The fourth-order valence-electron chi connectivity index (χ4n) is 2.98. The largest absolute Gasteiger partial charge is 0.466 e. The Morgan fingerprint density at radius 3 is 2.72 bits per heavy atom. The average Bonchev–Trinajstić information content (AvgIpc) is 2.28. The van der Waals surface area contributed by atoms with Crippen LogP contribution in [0.4, 0.5) is 0 Å². The summed E-state index contributed by atoms with van der Waals surface area (Å²) in [7, 11) is 0. The molecule has 0 spiro atoms. The Labute approximate surface area is 110 Å². The zero-order valence-corrected chi connectivity index (χ0v) is 12.0. The Balaban J connectivity index is 2.69. The van der Waals surface area contributed by atoms with Crippen molar-refractivity contribution in [1.29, 1.82) is 0 Å². The topological polar surface area (TPSA) is 46.5 Å². The lowest BCUT2D eigenvalue weighted by Crippen LogP contribution is -2.37. The highest BCUT2D eigenvalue weighted by atomic mass is 16.5. The van der Waals surface area contributed by atoms with Crippen molar-refractivity contribution >= 4 is 5.97 Å². The molecule has 4 unspecified atom stereocenters. The Morgan fingerprint density at radius 2 is 2.22 bits per heavy atom. The Morgan fingerprint density at radius 1 is 1.56 bits per heavy atom. The van der Waals surface area contributed by atoms with Gasteiger partial charge in [0, 0.05) is 0 Å². The first-order chi connectivity index (χ1) is 8.49. The van der Waals surface area contributed by atoms with Gasteiger partial charge >= 0.3 is 5.97 Å². The standard InChI is InChI=1S/C15H26O3/c1-5-13(15(17)18-6-2)14(16)12-8-10(3)7-11(4)9-12/h7,10,12-14,16H,5-6,8-9H2,1-4H3. The summed E-state index contributed by atoms with van der Waals surface area (Å²) in [6.07, 6.45) is 4.15. The zero-order valence-electron chi connectivity index (χ0n) is 12.0. The summed E-state index contributed by atoms with van der Waals surface area (Å²) < 4.78 is 5.05. The Kier molecular flexibility index (Phi) is 5.86. The van der Waals surface area contributed by atoms with Gasteiger partial charge in [-0.15, -0.1) is 0 Å². The molecule has 1 aliphatic rings. The van der Waals surface area contributed by atoms with Crippen molar-refractivity contribution in [3.8, 4) is 0 Å². The molecule has 1 rings (SSSR count). The number of esters is 1. The molecule has 1 N–H and O–H groups in total. The minimum absolute atomic E-state index is 0.180. The molecule has 1 aliphatic carbocycles. The predicted octanol–water partition coefficient (Wildman–Crippen LogP) is 2.93. The number of hydrogen-bond acceptors (Lipinski definition) is 3. The molecular formula is C15H26O3. The van der Waals surface area contributed by atoms with Gasteiger partial charge in [0.15, 0.2) is 0 Å². The highest BCUT2D eigenvalue weighted by molar-refractivity contribution is 5.73. The predicted molar refractivity (Wildman–Crippen MR) is 72.1 cm³/mol. The maximum absolute atomic E-state index is 11.8. The second-order valence-corrected chi connectivity index (χ2v) is 5.45. The number of rotatable bonds is 5. The molecule has 0 fully saturated rings. The van der Waals surface area contributed by atoms with E-state index in [2.05, 4.69) is 19.9 Å². The van der Waals surface area contributed by atoms with Gasteiger partial charge in [0.1, 0.15) is 0 Å². The SMILES string of the molecule is CCOC(=O)C(CC)C(O)C1CC(C)=CC(C)C1. The first-order valence-electron chi connectivity index (χ1n) is 7.01. The van der Waals surface area contributed by atoms with Crippen LogP contribution in [0.3, 0.4) is 0 Å². The molecule has 104 valence electrons. The maximum atomic E-state index is 11.8. The summed E-state index contributed by atoms with van der Waals surface area (Å²) in [5.41, 5.74) is 1.32. The molecule has 0 aromatic rings. The van der Waals surface area contributed by atoms with E-state index in [0.717, 1.165) is 12.8 Å². The van der Waals surface area contributed by atoms with Gasteiger partial charge in [0.25, 0.3) is 0 Å². The molecular weight excluding hydrogens is 228 g/mol. The van der Waals surface area contributed by atoms with Crippen molar-refractivity contribution in [2.45, 2.75) is 53.1 Å². The third-order valence-electron chi connectivity index (χ3n) is 3.75. The first-order valence-corrected chi connectivity index (χ1v) is 7.01. The van der Waals surface area contributed by atoms with E-state index in [9.17, 15) is 9.90 Å². The Hall–Kier alpha value is -0.830. The Bertz CT molecular complexity index is 309. The molecule has 0 amide bonds. The van der Waals surface area contributed by atoms with E-state index in [1.165, 1.54) is 5.57 Å². The van der Waals surface area contributed by atoms with E-state index in [0.29, 0.717) is 18.9 Å². The summed E-state index contributed by atoms with van der Waals surface area (Å²) in [4.78, 5) is 11.8. The molecule has 0 aromatic heterocycles. The number of ether oxygens (including phenoxy) is 1. The van der Waals surface area contributed by atoms with Crippen LogP contribution in [-0.2, 0) is 9.53 Å². The lowest BCUT2D eigenvalue weighted by atomic mass is 9.76. The fraction of sp³-hybridized carbons (Fsp3) is 0.800. The normalized spacial score (nSPS) is 27.3. The summed E-state index contributed by atoms with van der Waals surface area (Å²) >= 11 is 0. The van der Waals surface area contributed by atoms with Crippen LogP contribution in [0.2, 0.25) is 0 Å². The van der Waals surface area contributed by atoms with Crippen LogP contribution in [0.5, 0.6) is 0 Å². The van der Waals surface area contributed by atoms with Crippen LogP contribution in [-0.4, -0.2) is 23.8 Å². The van der Waals surface area contributed by atoms with E-state index in [-0.39, 0.29) is 17.8 Å².